The second kappa shape index (κ2) is 13.5. The molecule has 0 spiro atoms. The first-order chi connectivity index (χ1) is 12.6. The first-order valence-corrected chi connectivity index (χ1v) is 10.1. The minimum Gasteiger partial charge on any atom is -0.395 e. The van der Waals surface area contributed by atoms with Crippen molar-refractivity contribution >= 4 is 11.7 Å². The van der Waals surface area contributed by atoms with Crippen LogP contribution in [0.15, 0.2) is 36.0 Å². The SMILES string of the molecule is C/C=C1/C(=O)C=CC1C/C=C/CCCC(=O)N(CCO)CCCCCC. The van der Waals surface area contributed by atoms with Gasteiger partial charge in [0.25, 0.3) is 0 Å². The molecule has 1 unspecified atom stereocenters. The van der Waals surface area contributed by atoms with Gasteiger partial charge in [-0.3, -0.25) is 9.59 Å². The third-order valence-corrected chi connectivity index (χ3v) is 4.80. The molecule has 1 rings (SSSR count). The molecule has 1 aliphatic rings. The van der Waals surface area contributed by atoms with Gasteiger partial charge in [-0.1, -0.05) is 50.5 Å². The highest BCUT2D eigenvalue weighted by molar-refractivity contribution is 6.07. The highest BCUT2D eigenvalue weighted by Gasteiger charge is 2.20. The predicted octanol–water partition coefficient (Wildman–Crippen LogP) is 4.21. The van der Waals surface area contributed by atoms with Crippen molar-refractivity contribution in [1.29, 1.82) is 0 Å². The lowest BCUT2D eigenvalue weighted by Crippen LogP contribution is -2.34. The fourth-order valence-corrected chi connectivity index (χ4v) is 3.25. The van der Waals surface area contributed by atoms with Gasteiger partial charge in [0.15, 0.2) is 5.78 Å². The number of carbonyl (C=O) groups excluding carboxylic acids is 2. The van der Waals surface area contributed by atoms with E-state index in [9.17, 15) is 9.59 Å². The number of nitrogens with zero attached hydrogens (tertiary/aromatic N) is 1. The summed E-state index contributed by atoms with van der Waals surface area (Å²) in [5.41, 5.74) is 0.882. The summed E-state index contributed by atoms with van der Waals surface area (Å²) in [6, 6.07) is 0. The average molecular weight is 362 g/mol. The highest BCUT2D eigenvalue weighted by atomic mass is 16.3. The Balaban J connectivity index is 2.24. The van der Waals surface area contributed by atoms with Gasteiger partial charge in [0.1, 0.15) is 0 Å². The van der Waals surface area contributed by atoms with Crippen molar-refractivity contribution in [2.24, 2.45) is 5.92 Å². The largest absolute Gasteiger partial charge is 0.395 e. The van der Waals surface area contributed by atoms with E-state index in [1.54, 1.807) is 11.0 Å². The molecule has 0 heterocycles. The molecule has 0 aromatic carbocycles. The van der Waals surface area contributed by atoms with Crippen LogP contribution in [0.25, 0.3) is 0 Å². The average Bonchev–Trinajstić information content (AvgIpc) is 3.00. The Morgan fingerprint density at radius 3 is 2.69 bits per heavy atom. The molecule has 0 fully saturated rings. The molecule has 4 nitrogen and oxygen atoms in total. The van der Waals surface area contributed by atoms with Gasteiger partial charge >= 0.3 is 0 Å². The van der Waals surface area contributed by atoms with Crippen LogP contribution in [0.5, 0.6) is 0 Å². The van der Waals surface area contributed by atoms with Gasteiger partial charge in [-0.15, -0.1) is 0 Å². The molecule has 0 radical (unpaired) electrons. The molecule has 0 bridgehead atoms. The van der Waals surface area contributed by atoms with Crippen LogP contribution in [0, 0.1) is 5.92 Å². The number of carbonyl (C=O) groups is 2. The molecule has 1 aliphatic carbocycles. The van der Waals surface area contributed by atoms with Crippen molar-refractivity contribution < 1.29 is 14.7 Å². The lowest BCUT2D eigenvalue weighted by atomic mass is 9.98. The number of rotatable bonds is 13. The Hall–Kier alpha value is -1.68. The van der Waals surface area contributed by atoms with Crippen molar-refractivity contribution in [2.75, 3.05) is 19.7 Å². The minimum atomic E-state index is 0.0281. The van der Waals surface area contributed by atoms with Gasteiger partial charge in [-0.25, -0.2) is 0 Å². The number of amides is 1. The molecule has 1 atom stereocenters. The number of allylic oxidation sites excluding steroid dienone is 6. The number of hydrogen-bond acceptors (Lipinski definition) is 3. The lowest BCUT2D eigenvalue weighted by Gasteiger charge is -2.21. The van der Waals surface area contributed by atoms with Crippen LogP contribution in [0.2, 0.25) is 0 Å². The summed E-state index contributed by atoms with van der Waals surface area (Å²) in [6.45, 7) is 5.30. The standard InChI is InChI=1S/C22H35NO3/c1-3-5-6-11-16-23(17-18-24)22(26)13-10-8-7-9-12-19-14-15-21(25)20(19)4-2/h4,7,9,14-15,19,24H,3,5-6,8,10-13,16-18H2,1-2H3/b9-7+,20-4+. The number of aliphatic hydroxyl groups is 1. The summed E-state index contributed by atoms with van der Waals surface area (Å²) in [6.07, 6.45) is 17.3. The van der Waals surface area contributed by atoms with Crippen LogP contribution in [0.4, 0.5) is 0 Å². The topological polar surface area (TPSA) is 57.6 Å². The number of ketones is 1. The molecule has 4 heteroatoms. The van der Waals surface area contributed by atoms with Crippen molar-refractivity contribution in [3.8, 4) is 0 Å². The fourth-order valence-electron chi connectivity index (χ4n) is 3.25. The van der Waals surface area contributed by atoms with Crippen molar-refractivity contribution in [3.05, 3.63) is 36.0 Å². The first kappa shape index (κ1) is 22.4. The Morgan fingerprint density at radius 2 is 2.00 bits per heavy atom. The maximum absolute atomic E-state index is 12.3. The maximum atomic E-state index is 12.3. The summed E-state index contributed by atoms with van der Waals surface area (Å²) < 4.78 is 0. The molecular formula is C22H35NO3. The molecule has 146 valence electrons. The van der Waals surface area contributed by atoms with Crippen LogP contribution in [-0.4, -0.2) is 41.4 Å². The quantitative estimate of drug-likeness (QED) is 0.304. The van der Waals surface area contributed by atoms with Crippen LogP contribution < -0.4 is 0 Å². The molecule has 0 aromatic rings. The molecule has 26 heavy (non-hydrogen) atoms. The van der Waals surface area contributed by atoms with Gasteiger partial charge in [0.05, 0.1) is 6.61 Å². The van der Waals surface area contributed by atoms with Crippen molar-refractivity contribution in [2.45, 2.75) is 65.2 Å². The summed E-state index contributed by atoms with van der Waals surface area (Å²) in [7, 11) is 0. The second-order valence-electron chi connectivity index (χ2n) is 6.84. The van der Waals surface area contributed by atoms with Crippen molar-refractivity contribution in [3.63, 3.8) is 0 Å². The van der Waals surface area contributed by atoms with E-state index >= 15 is 0 Å². The van der Waals surface area contributed by atoms with E-state index < -0.39 is 0 Å². The van der Waals surface area contributed by atoms with Gasteiger partial charge in [-0.05, 0) is 38.7 Å². The van der Waals surface area contributed by atoms with E-state index in [4.69, 9.17) is 5.11 Å². The zero-order valence-corrected chi connectivity index (χ0v) is 16.5. The van der Waals surface area contributed by atoms with E-state index in [2.05, 4.69) is 19.1 Å². The second-order valence-corrected chi connectivity index (χ2v) is 6.84. The van der Waals surface area contributed by atoms with Gasteiger partial charge in [-0.2, -0.15) is 0 Å². The van der Waals surface area contributed by atoms with E-state index in [1.807, 2.05) is 19.1 Å². The molecule has 1 amide bonds. The van der Waals surface area contributed by atoms with E-state index in [0.29, 0.717) is 13.0 Å². The molecule has 0 saturated carbocycles. The smallest absolute Gasteiger partial charge is 0.222 e. The predicted molar refractivity (Wildman–Crippen MR) is 107 cm³/mol. The molecular weight excluding hydrogens is 326 g/mol. The van der Waals surface area contributed by atoms with Crippen LogP contribution >= 0.6 is 0 Å². The first-order valence-electron chi connectivity index (χ1n) is 10.1. The number of unbranched alkanes of at least 4 members (excludes halogenated alkanes) is 4. The lowest BCUT2D eigenvalue weighted by molar-refractivity contribution is -0.131. The van der Waals surface area contributed by atoms with Crippen LogP contribution in [0.3, 0.4) is 0 Å². The summed E-state index contributed by atoms with van der Waals surface area (Å²) in [4.78, 5) is 25.7. The fraction of sp³-hybridized carbons (Fsp3) is 0.636. The third kappa shape index (κ3) is 8.13. The Morgan fingerprint density at radius 1 is 1.19 bits per heavy atom. The minimum absolute atomic E-state index is 0.0281. The summed E-state index contributed by atoms with van der Waals surface area (Å²) in [5, 5.41) is 9.15. The monoisotopic (exact) mass is 361 g/mol. The molecule has 0 aliphatic heterocycles. The summed E-state index contributed by atoms with van der Waals surface area (Å²) in [5.74, 6) is 0.470. The Bertz CT molecular complexity index is 519. The number of aliphatic hydroxyl groups excluding tert-OH is 1. The zero-order chi connectivity index (χ0) is 19.2. The molecule has 0 saturated heterocycles. The highest BCUT2D eigenvalue weighted by Crippen LogP contribution is 2.24. The molecule has 1 N–H and O–H groups in total. The van der Waals surface area contributed by atoms with E-state index in [-0.39, 0.29) is 24.2 Å². The van der Waals surface area contributed by atoms with Crippen LogP contribution in [0.1, 0.15) is 65.2 Å². The number of hydrogen-bond donors (Lipinski definition) is 1. The van der Waals surface area contributed by atoms with Crippen LogP contribution in [-0.2, 0) is 9.59 Å². The Labute approximate surface area is 158 Å². The third-order valence-electron chi connectivity index (χ3n) is 4.80. The van der Waals surface area contributed by atoms with E-state index in [1.165, 1.54) is 12.8 Å². The van der Waals surface area contributed by atoms with Gasteiger partial charge in [0.2, 0.25) is 5.91 Å². The normalized spacial score (nSPS) is 18.3. The Kier molecular flexibility index (Phi) is 11.6. The summed E-state index contributed by atoms with van der Waals surface area (Å²) >= 11 is 0. The van der Waals surface area contributed by atoms with Crippen molar-refractivity contribution in [1.82, 2.24) is 4.90 Å². The van der Waals surface area contributed by atoms with E-state index in [0.717, 1.165) is 44.2 Å². The van der Waals surface area contributed by atoms with Gasteiger partial charge < -0.3 is 10.0 Å². The zero-order valence-electron chi connectivity index (χ0n) is 16.5. The maximum Gasteiger partial charge on any atom is 0.222 e. The molecule has 0 aromatic heterocycles. The van der Waals surface area contributed by atoms with Gasteiger partial charge in [0, 0.05) is 31.0 Å².